The van der Waals surface area contributed by atoms with Gasteiger partial charge < -0.3 is 10.2 Å². The number of nitrogens with one attached hydrogen (secondary N) is 1. The van der Waals surface area contributed by atoms with Crippen molar-refractivity contribution in [3.8, 4) is 11.9 Å². The fourth-order valence-corrected chi connectivity index (χ4v) is 2.57. The van der Waals surface area contributed by atoms with Crippen molar-refractivity contribution in [1.29, 1.82) is 5.26 Å². The van der Waals surface area contributed by atoms with Crippen molar-refractivity contribution in [1.82, 2.24) is 25.1 Å². The summed E-state index contributed by atoms with van der Waals surface area (Å²) in [5, 5.41) is 16.1. The minimum absolute atomic E-state index is 0.297. The molecule has 0 aromatic carbocycles. The van der Waals surface area contributed by atoms with E-state index in [9.17, 15) is 4.79 Å². The quantitative estimate of drug-likeness (QED) is 0.825. The molecule has 3 rings (SSSR count). The van der Waals surface area contributed by atoms with E-state index >= 15 is 0 Å². The molecule has 2 aromatic rings. The van der Waals surface area contributed by atoms with Gasteiger partial charge in [-0.1, -0.05) is 0 Å². The van der Waals surface area contributed by atoms with E-state index in [0.717, 1.165) is 25.9 Å². The van der Waals surface area contributed by atoms with Gasteiger partial charge in [0.15, 0.2) is 11.6 Å². The van der Waals surface area contributed by atoms with Crippen molar-refractivity contribution >= 4 is 12.4 Å². The summed E-state index contributed by atoms with van der Waals surface area (Å²) in [6.45, 7) is 3.70. The molecule has 0 unspecified atom stereocenters. The average molecular weight is 311 g/mol. The van der Waals surface area contributed by atoms with Gasteiger partial charge in [-0.15, -0.1) is 5.10 Å². The Bertz CT molecular complexity index is 725. The maximum absolute atomic E-state index is 10.8. The van der Waals surface area contributed by atoms with Gasteiger partial charge >= 0.3 is 0 Å². The molecule has 1 N–H and O–H groups in total. The Morgan fingerprint density at radius 1 is 1.39 bits per heavy atom. The largest absolute Gasteiger partial charge is 0.349 e. The first-order chi connectivity index (χ1) is 11.2. The van der Waals surface area contributed by atoms with Crippen molar-refractivity contribution in [3.63, 3.8) is 0 Å². The molecule has 0 radical (unpaired) electrons. The first kappa shape index (κ1) is 15.0. The zero-order valence-electron chi connectivity index (χ0n) is 12.8. The van der Waals surface area contributed by atoms with Gasteiger partial charge in [0, 0.05) is 19.3 Å². The van der Waals surface area contributed by atoms with Crippen molar-refractivity contribution in [2.45, 2.75) is 25.8 Å². The van der Waals surface area contributed by atoms with Gasteiger partial charge in [0.05, 0.1) is 11.6 Å². The zero-order valence-corrected chi connectivity index (χ0v) is 12.8. The minimum Gasteiger partial charge on any atom is -0.349 e. The summed E-state index contributed by atoms with van der Waals surface area (Å²) in [7, 11) is 0. The first-order valence-corrected chi connectivity index (χ1v) is 7.51. The van der Waals surface area contributed by atoms with Crippen LogP contribution in [0.15, 0.2) is 18.3 Å². The fraction of sp³-hybridized carbons (Fsp3) is 0.400. The summed E-state index contributed by atoms with van der Waals surface area (Å²) < 4.78 is 1.62. The van der Waals surface area contributed by atoms with Gasteiger partial charge in [0.1, 0.15) is 6.07 Å². The van der Waals surface area contributed by atoms with Crippen LogP contribution in [0.2, 0.25) is 0 Å². The molecule has 1 aliphatic heterocycles. The summed E-state index contributed by atoms with van der Waals surface area (Å²) in [6, 6.07) is 5.14. The summed E-state index contributed by atoms with van der Waals surface area (Å²) >= 11 is 0. The number of amides is 1. The van der Waals surface area contributed by atoms with Crippen LogP contribution >= 0.6 is 0 Å². The number of pyridine rings is 1. The molecule has 0 saturated carbocycles. The second-order valence-electron chi connectivity index (χ2n) is 5.40. The number of hydrogen-bond donors (Lipinski definition) is 1. The van der Waals surface area contributed by atoms with Crippen molar-refractivity contribution < 1.29 is 4.79 Å². The topological polar surface area (TPSA) is 99.7 Å². The smallest absolute Gasteiger partial charge is 0.245 e. The summed E-state index contributed by atoms with van der Waals surface area (Å²) in [5.74, 6) is 1.82. The van der Waals surface area contributed by atoms with E-state index in [2.05, 4.69) is 25.3 Å². The number of nitrogens with zero attached hydrogens (tertiary/aromatic N) is 6. The maximum atomic E-state index is 10.8. The molecule has 8 heteroatoms. The molecule has 1 aliphatic rings. The van der Waals surface area contributed by atoms with Crippen LogP contribution in [0.25, 0.3) is 5.82 Å². The number of anilines is 1. The van der Waals surface area contributed by atoms with E-state index in [1.807, 2.05) is 13.0 Å². The number of rotatable bonds is 5. The summed E-state index contributed by atoms with van der Waals surface area (Å²) in [6.07, 6.45) is 4.39. The van der Waals surface area contributed by atoms with Crippen LogP contribution in [-0.4, -0.2) is 39.2 Å². The highest BCUT2D eigenvalue weighted by atomic mass is 16.1. The highest BCUT2D eigenvalue weighted by molar-refractivity contribution is 5.47. The molecule has 2 aromatic heterocycles. The van der Waals surface area contributed by atoms with E-state index in [1.165, 1.54) is 6.20 Å². The molecule has 8 nitrogen and oxygen atoms in total. The van der Waals surface area contributed by atoms with Gasteiger partial charge in [-0.2, -0.15) is 14.9 Å². The third-order valence-electron chi connectivity index (χ3n) is 3.81. The Hall–Kier alpha value is -2.95. The Morgan fingerprint density at radius 3 is 2.78 bits per heavy atom. The van der Waals surface area contributed by atoms with Crippen LogP contribution in [0.5, 0.6) is 0 Å². The molecule has 1 atom stereocenters. The van der Waals surface area contributed by atoms with E-state index < -0.39 is 0 Å². The molecule has 23 heavy (non-hydrogen) atoms. The molecular formula is C15H17N7O. The van der Waals surface area contributed by atoms with Gasteiger partial charge in [0.25, 0.3) is 0 Å². The van der Waals surface area contributed by atoms with Gasteiger partial charge in [-0.25, -0.2) is 4.98 Å². The van der Waals surface area contributed by atoms with Crippen LogP contribution in [0.1, 0.15) is 37.2 Å². The van der Waals surface area contributed by atoms with Crippen molar-refractivity contribution in [2.75, 3.05) is 18.0 Å². The van der Waals surface area contributed by atoms with E-state index in [4.69, 9.17) is 5.26 Å². The zero-order chi connectivity index (χ0) is 16.2. The van der Waals surface area contributed by atoms with Gasteiger partial charge in [0.2, 0.25) is 12.4 Å². The first-order valence-electron chi connectivity index (χ1n) is 7.51. The minimum atomic E-state index is -0.297. The number of carbonyl (C=O) groups excluding carboxylic acids is 1. The lowest BCUT2D eigenvalue weighted by Crippen LogP contribution is -2.21. The van der Waals surface area contributed by atoms with E-state index in [0.29, 0.717) is 29.6 Å². The van der Waals surface area contributed by atoms with Crippen LogP contribution in [0.4, 0.5) is 5.95 Å². The molecular weight excluding hydrogens is 294 g/mol. The van der Waals surface area contributed by atoms with E-state index in [-0.39, 0.29) is 6.04 Å². The normalized spacial score (nSPS) is 15.2. The predicted octanol–water partition coefficient (Wildman–Crippen LogP) is 0.941. The third-order valence-corrected chi connectivity index (χ3v) is 3.81. The monoisotopic (exact) mass is 311 g/mol. The maximum Gasteiger partial charge on any atom is 0.245 e. The van der Waals surface area contributed by atoms with Gasteiger partial charge in [-0.3, -0.25) is 4.79 Å². The SMILES string of the molecule is C[C@H](NC=O)c1nc(N2CCCC2)nn1-c1ccc(C#N)cn1. The fourth-order valence-electron chi connectivity index (χ4n) is 2.57. The molecule has 0 bridgehead atoms. The van der Waals surface area contributed by atoms with Crippen LogP contribution in [0.3, 0.4) is 0 Å². The molecule has 1 fully saturated rings. The van der Waals surface area contributed by atoms with E-state index in [1.54, 1.807) is 16.8 Å². The number of carbonyl (C=O) groups is 1. The number of hydrogen-bond acceptors (Lipinski definition) is 6. The number of nitriles is 1. The highest BCUT2D eigenvalue weighted by Crippen LogP contribution is 2.21. The van der Waals surface area contributed by atoms with Crippen molar-refractivity contribution in [2.24, 2.45) is 0 Å². The molecule has 1 saturated heterocycles. The lowest BCUT2D eigenvalue weighted by molar-refractivity contribution is -0.110. The number of aromatic nitrogens is 4. The average Bonchev–Trinajstić information content (AvgIpc) is 3.24. The van der Waals surface area contributed by atoms with Crippen LogP contribution in [0, 0.1) is 11.3 Å². The summed E-state index contributed by atoms with van der Waals surface area (Å²) in [5.41, 5.74) is 0.481. The van der Waals surface area contributed by atoms with Crippen molar-refractivity contribution in [3.05, 3.63) is 29.7 Å². The summed E-state index contributed by atoms with van der Waals surface area (Å²) in [4.78, 5) is 21.7. The molecule has 0 spiro atoms. The molecule has 0 aliphatic carbocycles. The standard InChI is InChI=1S/C15H17N7O/c1-11(18-10-23)14-19-15(21-6-2-3-7-21)20-22(14)13-5-4-12(8-16)9-17-13/h4-5,9-11H,2-3,6-7H2,1H3,(H,18,23)/t11-/m0/s1. The van der Waals surface area contributed by atoms with Crippen LogP contribution in [-0.2, 0) is 4.79 Å². The lowest BCUT2D eigenvalue weighted by atomic mass is 10.3. The predicted molar refractivity (Wildman–Crippen MR) is 82.9 cm³/mol. The molecule has 118 valence electrons. The Labute approximate surface area is 133 Å². The Morgan fingerprint density at radius 2 is 2.17 bits per heavy atom. The Kier molecular flexibility index (Phi) is 4.19. The Balaban J connectivity index is 2.01. The van der Waals surface area contributed by atoms with Crippen LogP contribution < -0.4 is 10.2 Å². The highest BCUT2D eigenvalue weighted by Gasteiger charge is 2.23. The third kappa shape index (κ3) is 2.99. The molecule has 3 heterocycles. The second-order valence-corrected chi connectivity index (χ2v) is 5.40. The second kappa shape index (κ2) is 6.44. The molecule has 1 amide bonds. The lowest BCUT2D eigenvalue weighted by Gasteiger charge is -2.11. The van der Waals surface area contributed by atoms with Gasteiger partial charge in [-0.05, 0) is 31.9 Å².